The Morgan fingerprint density at radius 3 is 2.68 bits per heavy atom. The number of rotatable bonds is 5. The molecule has 0 unspecified atom stereocenters. The van der Waals surface area contributed by atoms with Gasteiger partial charge in [-0.3, -0.25) is 9.59 Å². The van der Waals surface area contributed by atoms with Gasteiger partial charge in [-0.05, 0) is 51.4 Å². The average Bonchev–Trinajstić information content (AvgIpc) is 2.89. The molecule has 0 saturated heterocycles. The Hall–Kier alpha value is -1.32. The van der Waals surface area contributed by atoms with E-state index in [0.29, 0.717) is 25.8 Å². The van der Waals surface area contributed by atoms with E-state index in [1.807, 2.05) is 0 Å². The van der Waals surface area contributed by atoms with Crippen LogP contribution < -0.4 is 5.32 Å². The van der Waals surface area contributed by atoms with Crippen LogP contribution in [0, 0.1) is 11.8 Å². The maximum atomic E-state index is 11.9. The summed E-state index contributed by atoms with van der Waals surface area (Å²) in [5.41, 5.74) is 1.46. The molecule has 4 heteroatoms. The third-order valence-electron chi connectivity index (χ3n) is 4.28. The van der Waals surface area contributed by atoms with Gasteiger partial charge in [-0.15, -0.1) is 0 Å². The summed E-state index contributed by atoms with van der Waals surface area (Å²) in [4.78, 5) is 22.8. The van der Waals surface area contributed by atoms with Gasteiger partial charge >= 0.3 is 5.97 Å². The van der Waals surface area contributed by atoms with Gasteiger partial charge in [0.25, 0.3) is 0 Å². The summed E-state index contributed by atoms with van der Waals surface area (Å²) in [6.07, 6.45) is 9.99. The highest BCUT2D eigenvalue weighted by Gasteiger charge is 2.33. The molecule has 0 aromatic carbocycles. The van der Waals surface area contributed by atoms with E-state index in [1.165, 1.54) is 31.3 Å². The maximum Gasteiger partial charge on any atom is 0.306 e. The molecule has 19 heavy (non-hydrogen) atoms. The number of carbonyl (C=O) groups is 2. The monoisotopic (exact) mass is 265 g/mol. The summed E-state index contributed by atoms with van der Waals surface area (Å²) in [5, 5.41) is 11.9. The number of hydrogen-bond donors (Lipinski definition) is 2. The Morgan fingerprint density at radius 2 is 2.05 bits per heavy atom. The lowest BCUT2D eigenvalue weighted by Crippen LogP contribution is -2.30. The quantitative estimate of drug-likeness (QED) is 0.750. The Labute approximate surface area is 114 Å². The van der Waals surface area contributed by atoms with Crippen LogP contribution in [0.15, 0.2) is 11.6 Å². The molecule has 1 saturated carbocycles. The lowest BCUT2D eigenvalue weighted by Gasteiger charge is -2.14. The van der Waals surface area contributed by atoms with Gasteiger partial charge in [-0.25, -0.2) is 0 Å². The maximum absolute atomic E-state index is 11.9. The van der Waals surface area contributed by atoms with Gasteiger partial charge in [0.2, 0.25) is 5.91 Å². The number of hydrogen-bond acceptors (Lipinski definition) is 2. The highest BCUT2D eigenvalue weighted by molar-refractivity contribution is 5.80. The molecule has 2 atom stereocenters. The van der Waals surface area contributed by atoms with E-state index in [4.69, 9.17) is 5.11 Å². The van der Waals surface area contributed by atoms with E-state index in [1.54, 1.807) is 0 Å². The smallest absolute Gasteiger partial charge is 0.306 e. The molecule has 2 rings (SSSR count). The summed E-state index contributed by atoms with van der Waals surface area (Å²) in [6, 6.07) is 0. The van der Waals surface area contributed by atoms with E-state index in [9.17, 15) is 9.59 Å². The topological polar surface area (TPSA) is 66.4 Å². The Balaban J connectivity index is 1.67. The zero-order valence-electron chi connectivity index (χ0n) is 11.4. The minimum Gasteiger partial charge on any atom is -0.481 e. The molecule has 4 nitrogen and oxygen atoms in total. The Bertz CT molecular complexity index is 376. The van der Waals surface area contributed by atoms with Gasteiger partial charge in [0.15, 0.2) is 0 Å². The first-order valence-electron chi connectivity index (χ1n) is 7.35. The molecule has 0 spiro atoms. The largest absolute Gasteiger partial charge is 0.481 e. The van der Waals surface area contributed by atoms with Gasteiger partial charge in [0, 0.05) is 12.5 Å². The van der Waals surface area contributed by atoms with Crippen molar-refractivity contribution >= 4 is 11.9 Å². The second-order valence-electron chi connectivity index (χ2n) is 5.69. The molecule has 0 heterocycles. The summed E-state index contributed by atoms with van der Waals surface area (Å²) in [5.74, 6) is -1.14. The van der Waals surface area contributed by atoms with Gasteiger partial charge in [-0.1, -0.05) is 11.6 Å². The number of allylic oxidation sites excluding steroid dienone is 1. The second-order valence-corrected chi connectivity index (χ2v) is 5.69. The second kappa shape index (κ2) is 6.73. The predicted molar refractivity (Wildman–Crippen MR) is 72.6 cm³/mol. The predicted octanol–water partition coefficient (Wildman–Crippen LogP) is 2.49. The first-order chi connectivity index (χ1) is 9.16. The molecule has 0 aromatic heterocycles. The molecule has 2 aliphatic carbocycles. The molecular weight excluding hydrogens is 242 g/mol. The van der Waals surface area contributed by atoms with Crippen molar-refractivity contribution in [2.24, 2.45) is 11.8 Å². The van der Waals surface area contributed by atoms with E-state index in [0.717, 1.165) is 6.42 Å². The molecule has 106 valence electrons. The first-order valence-corrected chi connectivity index (χ1v) is 7.35. The summed E-state index contributed by atoms with van der Waals surface area (Å²) < 4.78 is 0. The highest BCUT2D eigenvalue weighted by Crippen LogP contribution is 2.31. The van der Waals surface area contributed by atoms with Crippen LogP contribution in [0.25, 0.3) is 0 Å². The number of carboxylic acid groups (broad SMARTS) is 1. The van der Waals surface area contributed by atoms with Crippen molar-refractivity contribution in [2.45, 2.75) is 51.4 Å². The molecule has 2 aliphatic rings. The van der Waals surface area contributed by atoms with Crippen LogP contribution in [0.5, 0.6) is 0 Å². The van der Waals surface area contributed by atoms with Crippen molar-refractivity contribution in [1.29, 1.82) is 0 Å². The van der Waals surface area contributed by atoms with E-state index >= 15 is 0 Å². The van der Waals surface area contributed by atoms with Gasteiger partial charge in [0.05, 0.1) is 5.92 Å². The number of aliphatic carboxylic acids is 1. The number of amides is 1. The standard InChI is InChI=1S/C15H23NO3/c17-14(12-6-7-13(10-12)15(18)19)16-9-8-11-4-2-1-3-5-11/h4,12-13H,1-3,5-10H2,(H,16,17)(H,18,19)/t12-,13+/m1/s1. The fourth-order valence-electron chi connectivity index (χ4n) is 3.07. The zero-order chi connectivity index (χ0) is 13.7. The lowest BCUT2D eigenvalue weighted by molar-refractivity contribution is -0.141. The van der Waals surface area contributed by atoms with Crippen LogP contribution in [-0.4, -0.2) is 23.5 Å². The van der Waals surface area contributed by atoms with E-state index in [-0.39, 0.29) is 17.7 Å². The summed E-state index contributed by atoms with van der Waals surface area (Å²) >= 11 is 0. The Morgan fingerprint density at radius 1 is 1.26 bits per heavy atom. The third kappa shape index (κ3) is 4.08. The van der Waals surface area contributed by atoms with E-state index in [2.05, 4.69) is 11.4 Å². The molecule has 1 amide bonds. The number of carboxylic acids is 1. The van der Waals surface area contributed by atoms with Gasteiger partial charge < -0.3 is 10.4 Å². The van der Waals surface area contributed by atoms with Crippen molar-refractivity contribution in [1.82, 2.24) is 5.32 Å². The summed E-state index contributed by atoms with van der Waals surface area (Å²) in [6.45, 7) is 0.693. The zero-order valence-corrected chi connectivity index (χ0v) is 11.4. The van der Waals surface area contributed by atoms with Crippen LogP contribution in [-0.2, 0) is 9.59 Å². The van der Waals surface area contributed by atoms with E-state index < -0.39 is 5.97 Å². The van der Waals surface area contributed by atoms with Crippen LogP contribution in [0.4, 0.5) is 0 Å². The van der Waals surface area contributed by atoms with Gasteiger partial charge in [-0.2, -0.15) is 0 Å². The van der Waals surface area contributed by atoms with Crippen molar-refractivity contribution in [3.63, 3.8) is 0 Å². The fourth-order valence-corrected chi connectivity index (χ4v) is 3.07. The van der Waals surface area contributed by atoms with Crippen molar-refractivity contribution in [3.8, 4) is 0 Å². The highest BCUT2D eigenvalue weighted by atomic mass is 16.4. The SMILES string of the molecule is O=C(O)[C@H]1CC[C@@H](C(=O)NCCC2=CCCCC2)C1. The molecule has 0 aromatic rings. The molecule has 0 bridgehead atoms. The van der Waals surface area contributed by atoms with Crippen LogP contribution in [0.3, 0.4) is 0 Å². The fraction of sp³-hybridized carbons (Fsp3) is 0.733. The van der Waals surface area contributed by atoms with Crippen LogP contribution in [0.1, 0.15) is 51.4 Å². The van der Waals surface area contributed by atoms with Gasteiger partial charge in [0.1, 0.15) is 0 Å². The normalized spacial score (nSPS) is 26.8. The molecule has 1 fully saturated rings. The molecule has 0 aliphatic heterocycles. The van der Waals surface area contributed by atoms with Crippen molar-refractivity contribution in [3.05, 3.63) is 11.6 Å². The van der Waals surface area contributed by atoms with Crippen LogP contribution in [0.2, 0.25) is 0 Å². The Kier molecular flexibility index (Phi) is 5.00. The minimum absolute atomic E-state index is 0.0418. The number of nitrogens with one attached hydrogen (secondary N) is 1. The first kappa shape index (κ1) is 14.1. The minimum atomic E-state index is -0.761. The third-order valence-corrected chi connectivity index (χ3v) is 4.28. The lowest BCUT2D eigenvalue weighted by atomic mass is 9.97. The molecule has 2 N–H and O–H groups in total. The molecule has 0 radical (unpaired) electrons. The average molecular weight is 265 g/mol. The van der Waals surface area contributed by atoms with Crippen molar-refractivity contribution < 1.29 is 14.7 Å². The summed E-state index contributed by atoms with van der Waals surface area (Å²) in [7, 11) is 0. The number of carbonyl (C=O) groups excluding carboxylic acids is 1. The van der Waals surface area contributed by atoms with Crippen LogP contribution >= 0.6 is 0 Å². The van der Waals surface area contributed by atoms with Crippen molar-refractivity contribution in [2.75, 3.05) is 6.54 Å². The molecular formula is C15H23NO3.